The van der Waals surface area contributed by atoms with Crippen LogP contribution in [0.4, 0.5) is 0 Å². The van der Waals surface area contributed by atoms with E-state index in [4.69, 9.17) is 0 Å². The van der Waals surface area contributed by atoms with Gasteiger partial charge in [0.25, 0.3) is 0 Å². The fourth-order valence-corrected chi connectivity index (χ4v) is 1.99. The molecule has 1 fully saturated rings. The molecular formula is C13H19NO. The molecule has 0 aliphatic heterocycles. The number of hydrogen-bond acceptors (Lipinski definition) is 2. The van der Waals surface area contributed by atoms with Crippen molar-refractivity contribution in [1.29, 1.82) is 0 Å². The van der Waals surface area contributed by atoms with Gasteiger partial charge in [0.1, 0.15) is 0 Å². The monoisotopic (exact) mass is 205 g/mol. The van der Waals surface area contributed by atoms with Crippen molar-refractivity contribution in [3.8, 4) is 0 Å². The molecule has 1 aliphatic carbocycles. The van der Waals surface area contributed by atoms with E-state index >= 15 is 0 Å². The van der Waals surface area contributed by atoms with Crippen molar-refractivity contribution >= 4 is 0 Å². The third kappa shape index (κ3) is 2.80. The summed E-state index contributed by atoms with van der Waals surface area (Å²) in [5.74, 6) is 0.822. The van der Waals surface area contributed by atoms with Crippen LogP contribution in [0.1, 0.15) is 31.4 Å². The number of nitrogens with one attached hydrogen (secondary N) is 1. The second kappa shape index (κ2) is 4.77. The molecule has 2 nitrogen and oxygen atoms in total. The van der Waals surface area contributed by atoms with Crippen molar-refractivity contribution in [2.45, 2.75) is 31.8 Å². The predicted octanol–water partition coefficient (Wildman–Crippen LogP) is 2.11. The number of aliphatic hydroxyl groups is 1. The van der Waals surface area contributed by atoms with Gasteiger partial charge in [0.2, 0.25) is 0 Å². The molecule has 2 heteroatoms. The standard InChI is InChI=1S/C13H19NO/c1-10(11-7-8-11)14-13(9-15)12-5-3-2-4-6-12/h2-6,10-11,13-15H,7-9H2,1H3/t10-,13-/m0/s1. The first kappa shape index (κ1) is 10.7. The largest absolute Gasteiger partial charge is 0.394 e. The highest BCUT2D eigenvalue weighted by Gasteiger charge is 2.29. The molecule has 1 saturated carbocycles. The summed E-state index contributed by atoms with van der Waals surface area (Å²) in [6, 6.07) is 10.8. The quantitative estimate of drug-likeness (QED) is 0.771. The van der Waals surface area contributed by atoms with Crippen LogP contribution < -0.4 is 5.32 Å². The molecule has 0 spiro atoms. The maximum absolute atomic E-state index is 9.37. The second-order valence-electron chi connectivity index (χ2n) is 4.44. The highest BCUT2D eigenvalue weighted by Crippen LogP contribution is 2.33. The van der Waals surface area contributed by atoms with Gasteiger partial charge in [-0.1, -0.05) is 30.3 Å². The molecule has 0 unspecified atom stereocenters. The van der Waals surface area contributed by atoms with Gasteiger partial charge < -0.3 is 10.4 Å². The lowest BCUT2D eigenvalue weighted by atomic mass is 10.1. The summed E-state index contributed by atoms with van der Waals surface area (Å²) in [5, 5.41) is 12.9. The topological polar surface area (TPSA) is 32.3 Å². The fourth-order valence-electron chi connectivity index (χ4n) is 1.99. The Hall–Kier alpha value is -0.860. The smallest absolute Gasteiger partial charge is 0.0626 e. The van der Waals surface area contributed by atoms with E-state index < -0.39 is 0 Å². The molecule has 0 heterocycles. The molecule has 2 rings (SSSR count). The van der Waals surface area contributed by atoms with Crippen LogP contribution in [0, 0.1) is 5.92 Å². The Labute approximate surface area is 91.3 Å². The van der Waals surface area contributed by atoms with E-state index in [1.165, 1.54) is 18.4 Å². The Morgan fingerprint density at radius 1 is 1.33 bits per heavy atom. The van der Waals surface area contributed by atoms with Crippen LogP contribution in [0.2, 0.25) is 0 Å². The SMILES string of the molecule is C[C@H](N[C@@H](CO)c1ccccc1)C1CC1. The Kier molecular flexibility index (Phi) is 3.39. The van der Waals surface area contributed by atoms with Gasteiger partial charge in [0.05, 0.1) is 12.6 Å². The van der Waals surface area contributed by atoms with Gasteiger partial charge in [-0.3, -0.25) is 0 Å². The van der Waals surface area contributed by atoms with Gasteiger partial charge in [-0.15, -0.1) is 0 Å². The van der Waals surface area contributed by atoms with Gasteiger partial charge >= 0.3 is 0 Å². The lowest BCUT2D eigenvalue weighted by Crippen LogP contribution is -2.34. The average Bonchev–Trinajstić information content (AvgIpc) is 3.10. The third-order valence-corrected chi connectivity index (χ3v) is 3.18. The van der Waals surface area contributed by atoms with Crippen molar-refractivity contribution in [3.05, 3.63) is 35.9 Å². The molecule has 1 aromatic rings. The van der Waals surface area contributed by atoms with E-state index in [0.29, 0.717) is 6.04 Å². The molecule has 1 aliphatic rings. The van der Waals surface area contributed by atoms with Crippen LogP contribution in [-0.4, -0.2) is 17.8 Å². The fraction of sp³-hybridized carbons (Fsp3) is 0.538. The highest BCUT2D eigenvalue weighted by molar-refractivity contribution is 5.19. The number of rotatable bonds is 5. The van der Waals surface area contributed by atoms with Gasteiger partial charge in [-0.2, -0.15) is 0 Å². The summed E-state index contributed by atoms with van der Waals surface area (Å²) in [7, 11) is 0. The van der Waals surface area contributed by atoms with Crippen molar-refractivity contribution in [2.75, 3.05) is 6.61 Å². The molecular weight excluding hydrogens is 186 g/mol. The van der Waals surface area contributed by atoms with Crippen LogP contribution in [0.5, 0.6) is 0 Å². The Morgan fingerprint density at radius 2 is 2.00 bits per heavy atom. The molecule has 0 radical (unpaired) electrons. The van der Waals surface area contributed by atoms with Crippen LogP contribution >= 0.6 is 0 Å². The minimum atomic E-state index is 0.0850. The maximum Gasteiger partial charge on any atom is 0.0626 e. The second-order valence-corrected chi connectivity index (χ2v) is 4.44. The van der Waals surface area contributed by atoms with Gasteiger partial charge in [0, 0.05) is 6.04 Å². The van der Waals surface area contributed by atoms with E-state index in [9.17, 15) is 5.11 Å². The van der Waals surface area contributed by atoms with E-state index in [0.717, 1.165) is 5.92 Å². The van der Waals surface area contributed by atoms with Crippen molar-refractivity contribution in [3.63, 3.8) is 0 Å². The molecule has 1 aromatic carbocycles. The summed E-state index contributed by atoms with van der Waals surface area (Å²) in [5.41, 5.74) is 1.17. The molecule has 0 amide bonds. The summed E-state index contributed by atoms with van der Waals surface area (Å²) in [4.78, 5) is 0. The number of hydrogen-bond donors (Lipinski definition) is 2. The Balaban J connectivity index is 1.97. The molecule has 2 N–H and O–H groups in total. The zero-order valence-electron chi connectivity index (χ0n) is 9.19. The van der Waals surface area contributed by atoms with Crippen LogP contribution in [-0.2, 0) is 0 Å². The minimum Gasteiger partial charge on any atom is -0.394 e. The first-order valence-electron chi connectivity index (χ1n) is 5.73. The zero-order valence-corrected chi connectivity index (χ0v) is 9.19. The van der Waals surface area contributed by atoms with Gasteiger partial charge in [0.15, 0.2) is 0 Å². The first-order valence-corrected chi connectivity index (χ1v) is 5.73. The summed E-state index contributed by atoms with van der Waals surface area (Å²) in [6.07, 6.45) is 2.67. The minimum absolute atomic E-state index is 0.0850. The van der Waals surface area contributed by atoms with Crippen LogP contribution in [0.15, 0.2) is 30.3 Å². The first-order chi connectivity index (χ1) is 7.31. The van der Waals surface area contributed by atoms with Gasteiger partial charge in [-0.25, -0.2) is 0 Å². The summed E-state index contributed by atoms with van der Waals surface area (Å²) >= 11 is 0. The zero-order chi connectivity index (χ0) is 10.7. The van der Waals surface area contributed by atoms with E-state index in [-0.39, 0.29) is 12.6 Å². The summed E-state index contributed by atoms with van der Waals surface area (Å²) in [6.45, 7) is 2.38. The molecule has 82 valence electrons. The predicted molar refractivity (Wildman–Crippen MR) is 61.6 cm³/mol. The molecule has 0 aromatic heterocycles. The Bertz CT molecular complexity index is 295. The number of aliphatic hydroxyl groups excluding tert-OH is 1. The Morgan fingerprint density at radius 3 is 2.53 bits per heavy atom. The van der Waals surface area contributed by atoms with Crippen molar-refractivity contribution in [2.24, 2.45) is 5.92 Å². The van der Waals surface area contributed by atoms with Crippen LogP contribution in [0.25, 0.3) is 0 Å². The van der Waals surface area contributed by atoms with Gasteiger partial charge in [-0.05, 0) is 31.2 Å². The van der Waals surface area contributed by atoms with Crippen molar-refractivity contribution in [1.82, 2.24) is 5.32 Å². The third-order valence-electron chi connectivity index (χ3n) is 3.18. The van der Waals surface area contributed by atoms with Crippen LogP contribution in [0.3, 0.4) is 0 Å². The number of benzene rings is 1. The lowest BCUT2D eigenvalue weighted by molar-refractivity contribution is 0.231. The van der Waals surface area contributed by atoms with Crippen molar-refractivity contribution < 1.29 is 5.11 Å². The van der Waals surface area contributed by atoms with E-state index in [1.54, 1.807) is 0 Å². The van der Waals surface area contributed by atoms with E-state index in [1.807, 2.05) is 18.2 Å². The molecule has 0 saturated heterocycles. The molecule has 2 atom stereocenters. The summed E-state index contributed by atoms with van der Waals surface area (Å²) < 4.78 is 0. The highest BCUT2D eigenvalue weighted by atomic mass is 16.3. The lowest BCUT2D eigenvalue weighted by Gasteiger charge is -2.21. The molecule has 0 bridgehead atoms. The maximum atomic E-state index is 9.37. The normalized spacial score (nSPS) is 19.9. The average molecular weight is 205 g/mol. The molecule has 15 heavy (non-hydrogen) atoms. The van der Waals surface area contributed by atoms with E-state index in [2.05, 4.69) is 24.4 Å².